The number of nitrogens with two attached hydrogens (primary N) is 1. The van der Waals surface area contributed by atoms with Crippen LogP contribution in [-0.4, -0.2) is 4.98 Å². The number of rotatable bonds is 3. The maximum atomic E-state index is 8.79. The monoisotopic (exact) mass is 229 g/mol. The van der Waals surface area contributed by atoms with E-state index in [-0.39, 0.29) is 6.04 Å². The van der Waals surface area contributed by atoms with E-state index in [2.05, 4.69) is 11.1 Å². The van der Waals surface area contributed by atoms with Crippen LogP contribution in [0.4, 0.5) is 0 Å². The zero-order chi connectivity index (χ0) is 11.4. The van der Waals surface area contributed by atoms with Crippen LogP contribution in [0.3, 0.4) is 0 Å². The van der Waals surface area contributed by atoms with Gasteiger partial charge in [-0.25, -0.2) is 4.98 Å². The summed E-state index contributed by atoms with van der Waals surface area (Å²) in [6, 6.07) is 9.55. The number of aromatic nitrogens is 1. The Balaban J connectivity index is 2.12. The fourth-order valence-corrected chi connectivity index (χ4v) is 2.17. The second kappa shape index (κ2) is 4.88. The highest BCUT2D eigenvalue weighted by molar-refractivity contribution is 7.09. The molecule has 1 unspecified atom stereocenters. The third kappa shape index (κ3) is 2.45. The maximum absolute atomic E-state index is 8.79. The summed E-state index contributed by atoms with van der Waals surface area (Å²) in [6.45, 7) is 0. The van der Waals surface area contributed by atoms with Gasteiger partial charge in [0.2, 0.25) is 0 Å². The lowest BCUT2D eigenvalue weighted by Crippen LogP contribution is -2.12. The van der Waals surface area contributed by atoms with Crippen LogP contribution in [0.1, 0.15) is 22.2 Å². The van der Waals surface area contributed by atoms with Crippen molar-refractivity contribution >= 4 is 11.3 Å². The summed E-state index contributed by atoms with van der Waals surface area (Å²) in [4.78, 5) is 4.18. The largest absolute Gasteiger partial charge is 0.322 e. The molecule has 0 spiro atoms. The first kappa shape index (κ1) is 10.8. The van der Waals surface area contributed by atoms with Gasteiger partial charge in [-0.3, -0.25) is 0 Å². The Morgan fingerprint density at radius 1 is 1.50 bits per heavy atom. The fraction of sp³-hybridized carbons (Fsp3) is 0.167. The van der Waals surface area contributed by atoms with Gasteiger partial charge < -0.3 is 5.73 Å². The Hall–Kier alpha value is -1.70. The molecule has 0 amide bonds. The standard InChI is InChI=1S/C12H11N3S/c13-8-10-3-1-2-9(6-10)7-11(14)12-15-4-5-16-12/h1-6,11H,7,14H2. The van der Waals surface area contributed by atoms with Crippen molar-refractivity contribution < 1.29 is 0 Å². The predicted molar refractivity (Wildman–Crippen MR) is 63.9 cm³/mol. The number of nitriles is 1. The van der Waals surface area contributed by atoms with E-state index in [1.54, 1.807) is 23.6 Å². The van der Waals surface area contributed by atoms with Crippen molar-refractivity contribution in [3.63, 3.8) is 0 Å². The van der Waals surface area contributed by atoms with E-state index in [1.165, 1.54) is 0 Å². The van der Waals surface area contributed by atoms with Crippen molar-refractivity contribution in [2.45, 2.75) is 12.5 Å². The highest BCUT2D eigenvalue weighted by atomic mass is 32.1. The van der Waals surface area contributed by atoms with Gasteiger partial charge >= 0.3 is 0 Å². The molecular formula is C12H11N3S. The van der Waals surface area contributed by atoms with Crippen molar-refractivity contribution in [2.75, 3.05) is 0 Å². The maximum Gasteiger partial charge on any atom is 0.110 e. The van der Waals surface area contributed by atoms with Crippen LogP contribution in [0, 0.1) is 11.3 Å². The summed E-state index contributed by atoms with van der Waals surface area (Å²) < 4.78 is 0. The molecule has 3 nitrogen and oxygen atoms in total. The molecule has 80 valence electrons. The number of hydrogen-bond donors (Lipinski definition) is 1. The van der Waals surface area contributed by atoms with Crippen LogP contribution in [0.2, 0.25) is 0 Å². The SMILES string of the molecule is N#Cc1cccc(CC(N)c2nccs2)c1. The summed E-state index contributed by atoms with van der Waals surface area (Å²) in [5.41, 5.74) is 7.77. The molecule has 0 fully saturated rings. The first-order valence-corrected chi connectivity index (χ1v) is 5.81. The number of thiazole rings is 1. The molecule has 0 bridgehead atoms. The number of benzene rings is 1. The summed E-state index contributed by atoms with van der Waals surface area (Å²) in [6.07, 6.45) is 2.47. The predicted octanol–water partition coefficient (Wildman–Crippen LogP) is 2.26. The van der Waals surface area contributed by atoms with Crippen LogP contribution < -0.4 is 5.73 Å². The molecule has 0 aliphatic carbocycles. The molecule has 1 atom stereocenters. The summed E-state index contributed by atoms with van der Waals surface area (Å²) >= 11 is 1.56. The van der Waals surface area contributed by atoms with Crippen molar-refractivity contribution in [2.24, 2.45) is 5.73 Å². The van der Waals surface area contributed by atoms with Crippen LogP contribution in [-0.2, 0) is 6.42 Å². The van der Waals surface area contributed by atoms with E-state index < -0.39 is 0 Å². The van der Waals surface area contributed by atoms with Crippen LogP contribution in [0.25, 0.3) is 0 Å². The molecule has 1 heterocycles. The molecule has 2 aromatic rings. The normalized spacial score (nSPS) is 12.0. The third-order valence-electron chi connectivity index (χ3n) is 2.28. The zero-order valence-corrected chi connectivity index (χ0v) is 9.45. The molecule has 2 rings (SSSR count). The Morgan fingerprint density at radius 2 is 2.38 bits per heavy atom. The molecule has 1 aromatic carbocycles. The van der Waals surface area contributed by atoms with Crippen molar-refractivity contribution in [3.8, 4) is 6.07 Å². The lowest BCUT2D eigenvalue weighted by molar-refractivity contribution is 0.715. The second-order valence-corrected chi connectivity index (χ2v) is 4.42. The zero-order valence-electron chi connectivity index (χ0n) is 8.63. The van der Waals surface area contributed by atoms with Crippen LogP contribution >= 0.6 is 11.3 Å². The Morgan fingerprint density at radius 3 is 3.06 bits per heavy atom. The van der Waals surface area contributed by atoms with E-state index in [0.29, 0.717) is 12.0 Å². The minimum atomic E-state index is -0.0889. The molecule has 0 radical (unpaired) electrons. The average Bonchev–Trinajstić information content (AvgIpc) is 2.83. The molecule has 2 N–H and O–H groups in total. The summed E-state index contributed by atoms with van der Waals surface area (Å²) in [5, 5.41) is 11.6. The lowest BCUT2D eigenvalue weighted by atomic mass is 10.0. The Bertz CT molecular complexity index is 499. The molecule has 0 aliphatic rings. The first-order valence-electron chi connectivity index (χ1n) is 4.93. The summed E-state index contributed by atoms with van der Waals surface area (Å²) in [5.74, 6) is 0. The molecule has 4 heteroatoms. The van der Waals surface area contributed by atoms with Gasteiger partial charge in [0.25, 0.3) is 0 Å². The first-order chi connectivity index (χ1) is 7.79. The van der Waals surface area contributed by atoms with E-state index in [1.807, 2.05) is 23.6 Å². The Labute approximate surface area is 98.2 Å². The highest BCUT2D eigenvalue weighted by Crippen LogP contribution is 2.18. The van der Waals surface area contributed by atoms with Gasteiger partial charge in [0.05, 0.1) is 17.7 Å². The minimum absolute atomic E-state index is 0.0889. The molecule has 0 aliphatic heterocycles. The molecule has 1 aromatic heterocycles. The van der Waals surface area contributed by atoms with Crippen molar-refractivity contribution in [1.29, 1.82) is 5.26 Å². The Kier molecular flexibility index (Phi) is 3.30. The van der Waals surface area contributed by atoms with E-state index in [9.17, 15) is 0 Å². The molecule has 0 saturated heterocycles. The minimum Gasteiger partial charge on any atom is -0.322 e. The molecule has 16 heavy (non-hydrogen) atoms. The quantitative estimate of drug-likeness (QED) is 0.878. The van der Waals surface area contributed by atoms with Crippen LogP contribution in [0.15, 0.2) is 35.8 Å². The highest BCUT2D eigenvalue weighted by Gasteiger charge is 2.09. The van der Waals surface area contributed by atoms with E-state index >= 15 is 0 Å². The van der Waals surface area contributed by atoms with Gasteiger partial charge in [0, 0.05) is 11.6 Å². The van der Waals surface area contributed by atoms with Gasteiger partial charge in [-0.1, -0.05) is 12.1 Å². The number of nitrogens with zero attached hydrogens (tertiary/aromatic N) is 2. The van der Waals surface area contributed by atoms with E-state index in [4.69, 9.17) is 11.0 Å². The smallest absolute Gasteiger partial charge is 0.110 e. The second-order valence-electron chi connectivity index (χ2n) is 3.49. The lowest BCUT2D eigenvalue weighted by Gasteiger charge is -2.08. The van der Waals surface area contributed by atoms with Crippen LogP contribution in [0.5, 0.6) is 0 Å². The van der Waals surface area contributed by atoms with E-state index in [0.717, 1.165) is 10.6 Å². The fourth-order valence-electron chi connectivity index (χ4n) is 1.53. The van der Waals surface area contributed by atoms with Gasteiger partial charge in [0.15, 0.2) is 0 Å². The van der Waals surface area contributed by atoms with Gasteiger partial charge in [-0.2, -0.15) is 5.26 Å². The summed E-state index contributed by atoms with van der Waals surface area (Å²) in [7, 11) is 0. The molecular weight excluding hydrogens is 218 g/mol. The molecule has 0 saturated carbocycles. The third-order valence-corrected chi connectivity index (χ3v) is 3.19. The van der Waals surface area contributed by atoms with Gasteiger partial charge in [-0.15, -0.1) is 11.3 Å². The van der Waals surface area contributed by atoms with Gasteiger partial charge in [0.1, 0.15) is 5.01 Å². The number of hydrogen-bond acceptors (Lipinski definition) is 4. The van der Waals surface area contributed by atoms with Crippen molar-refractivity contribution in [3.05, 3.63) is 52.0 Å². The van der Waals surface area contributed by atoms with Crippen molar-refractivity contribution in [1.82, 2.24) is 4.98 Å². The average molecular weight is 229 g/mol. The van der Waals surface area contributed by atoms with Gasteiger partial charge in [-0.05, 0) is 24.1 Å². The topological polar surface area (TPSA) is 62.7 Å².